The molecule has 0 aliphatic carbocycles. The number of halogens is 3. The van der Waals surface area contributed by atoms with Crippen molar-refractivity contribution >= 4 is 46.8 Å². The average Bonchev–Trinajstić information content (AvgIpc) is 3.87. The maximum Gasteiger partial charge on any atom is 2.00 e. The first kappa shape index (κ1) is 45.3. The second-order valence-electron chi connectivity index (χ2n) is 12.2. The number of ether oxygens (including phenoxy) is 1. The van der Waals surface area contributed by atoms with Gasteiger partial charge >= 0.3 is 31.9 Å². The van der Waals surface area contributed by atoms with Crippen molar-refractivity contribution in [2.45, 2.75) is 59.1 Å². The summed E-state index contributed by atoms with van der Waals surface area (Å²) < 4.78 is 42.8. The molecule has 0 saturated heterocycles. The molecule has 56 heavy (non-hydrogen) atoms. The van der Waals surface area contributed by atoms with Crippen LogP contribution in [0.5, 0.6) is 0 Å². The summed E-state index contributed by atoms with van der Waals surface area (Å²) in [5.41, 5.74) is 5.84. The number of carbonyl (C=O) groups excluding carboxylic acids is 1. The van der Waals surface area contributed by atoms with Crippen LogP contribution in [-0.4, -0.2) is 43.3 Å². The number of thiocarbonyl (C=S) groups is 1. The summed E-state index contributed by atoms with van der Waals surface area (Å²) >= 11 is 5.47. The van der Waals surface area contributed by atoms with Gasteiger partial charge < -0.3 is 20.3 Å². The molecular formula is C41H38F3N7O2OsS2. The van der Waals surface area contributed by atoms with E-state index < -0.39 is 17.8 Å². The molecule has 0 aliphatic rings. The van der Waals surface area contributed by atoms with Crippen molar-refractivity contribution in [2.24, 2.45) is 0 Å². The maximum absolute atomic E-state index is 12.7. The topological polar surface area (TPSA) is 127 Å². The molecule has 0 bridgehead atoms. The molecule has 0 atom stereocenters. The molecule has 0 N–H and O–H groups in total. The molecule has 0 spiro atoms. The van der Waals surface area contributed by atoms with Gasteiger partial charge in [-0.05, 0) is 116 Å². The van der Waals surface area contributed by atoms with Gasteiger partial charge in [0.1, 0.15) is 5.69 Å². The van der Waals surface area contributed by atoms with E-state index in [9.17, 15) is 18.0 Å². The third kappa shape index (κ3) is 13.9. The van der Waals surface area contributed by atoms with Gasteiger partial charge in [-0.25, -0.2) is 9.78 Å². The smallest absolute Gasteiger partial charge is 0.753 e. The van der Waals surface area contributed by atoms with Crippen molar-refractivity contribution in [3.8, 4) is 34.2 Å². The van der Waals surface area contributed by atoms with Crippen LogP contribution in [0.15, 0.2) is 85.3 Å². The number of thiophene rings is 1. The fraction of sp³-hybridized carbons (Fsp3) is 0.244. The van der Waals surface area contributed by atoms with Crippen LogP contribution in [0.2, 0.25) is 0 Å². The molecule has 6 rings (SSSR count). The summed E-state index contributed by atoms with van der Waals surface area (Å²) in [7, 11) is 1.36. The molecule has 0 unspecified atom stereocenters. The number of pyridine rings is 4. The molecule has 15 heteroatoms. The molecule has 6 heterocycles. The second kappa shape index (κ2) is 22.5. The minimum absolute atomic E-state index is 0. The molecule has 6 aromatic rings. The van der Waals surface area contributed by atoms with Crippen molar-refractivity contribution < 1.29 is 42.5 Å². The summed E-state index contributed by atoms with van der Waals surface area (Å²) in [6.45, 7) is 6.22. The van der Waals surface area contributed by atoms with Crippen LogP contribution in [0.3, 0.4) is 0 Å². The molecule has 290 valence electrons. The first-order valence-electron chi connectivity index (χ1n) is 17.2. The summed E-state index contributed by atoms with van der Waals surface area (Å²) in [6.07, 6.45) is 10.4. The molecule has 0 aliphatic heterocycles. The Hall–Kier alpha value is -5.05. The fourth-order valence-corrected chi connectivity index (χ4v) is 6.15. The van der Waals surface area contributed by atoms with E-state index in [0.29, 0.717) is 22.6 Å². The predicted octanol–water partition coefficient (Wildman–Crippen LogP) is 10.7. The Morgan fingerprint density at radius 2 is 1.50 bits per heavy atom. The normalized spacial score (nSPS) is 10.7. The van der Waals surface area contributed by atoms with Gasteiger partial charge in [0.2, 0.25) is 0 Å². The minimum atomic E-state index is -4.50. The van der Waals surface area contributed by atoms with Crippen molar-refractivity contribution in [3.05, 3.63) is 128 Å². The van der Waals surface area contributed by atoms with E-state index in [2.05, 4.69) is 61.4 Å². The van der Waals surface area contributed by atoms with Gasteiger partial charge in [-0.1, -0.05) is 50.2 Å². The van der Waals surface area contributed by atoms with Gasteiger partial charge in [0.15, 0.2) is 0 Å². The standard InChI is InChI=1S/C21H21F3N3S.C19H17N3O2.CNS.Os/c1-2-3-4-5-6-16-9-10-17(28-16)8-7-15-11-12-25-18(13-15)19-14-20(27-26-19)21(22,23)24;1-12-4-6-20-15(8-12)17-9-13(2)10-18(22-17)16-11-14(5-7-21-16)19(23)24-3;2-1-3;/h7-14H,2-6H2,1H3;4-11H,1-3H3;;/q-1;;-1;+2/b8-7+;;;. The number of hydrogen-bond donors (Lipinski definition) is 0. The van der Waals surface area contributed by atoms with E-state index in [-0.39, 0.29) is 25.5 Å². The monoisotopic (exact) mass is 973 g/mol. The number of aromatic nitrogens is 6. The maximum atomic E-state index is 12.7. The van der Waals surface area contributed by atoms with Crippen LogP contribution in [0.1, 0.15) is 75.1 Å². The van der Waals surface area contributed by atoms with Crippen molar-refractivity contribution in [3.63, 3.8) is 0 Å². The van der Waals surface area contributed by atoms with Crippen molar-refractivity contribution in [1.82, 2.24) is 30.1 Å². The van der Waals surface area contributed by atoms with Crippen LogP contribution in [0.4, 0.5) is 13.2 Å². The SMILES string of the molecule is CCCCCCc1ccc(/C=C/c2ccnc(-c3cc(C(F)(F)F)n[n-]3)c2)s1.COC(=O)c1ccnc(-c2cc(C)cc(-c3cc(C)ccn3)n2)c1.[N-]=C=S.[Os+2]. The van der Waals surface area contributed by atoms with E-state index in [4.69, 9.17) is 10.1 Å². The molecule has 0 saturated carbocycles. The summed E-state index contributed by atoms with van der Waals surface area (Å²) in [5, 5.41) is 15.3. The van der Waals surface area contributed by atoms with E-state index in [1.54, 1.807) is 54.2 Å². The van der Waals surface area contributed by atoms with E-state index >= 15 is 0 Å². The number of hydrogen-bond acceptors (Lipinski definition) is 9. The Morgan fingerprint density at radius 3 is 2.14 bits per heavy atom. The first-order valence-corrected chi connectivity index (χ1v) is 18.4. The van der Waals surface area contributed by atoms with E-state index in [1.165, 1.54) is 42.8 Å². The van der Waals surface area contributed by atoms with Gasteiger partial charge in [-0.15, -0.1) is 11.3 Å². The van der Waals surface area contributed by atoms with Gasteiger partial charge in [-0.3, -0.25) is 15.0 Å². The zero-order chi connectivity index (χ0) is 39.8. The van der Waals surface area contributed by atoms with Gasteiger partial charge in [0.05, 0.1) is 35.4 Å². The molecule has 0 radical (unpaired) electrons. The van der Waals surface area contributed by atoms with Crippen LogP contribution in [0.25, 0.3) is 51.7 Å². The molecule has 0 aromatic carbocycles. The van der Waals surface area contributed by atoms with Gasteiger partial charge in [0.25, 0.3) is 0 Å². The largest absolute Gasteiger partial charge is 2.00 e. The number of esters is 1. The third-order valence-corrected chi connectivity index (χ3v) is 8.98. The molecule has 0 amide bonds. The number of alkyl halides is 3. The number of nitrogens with zero attached hydrogens (tertiary/aromatic N) is 7. The minimum Gasteiger partial charge on any atom is -0.753 e. The van der Waals surface area contributed by atoms with Crippen LogP contribution in [0, 0.1) is 13.8 Å². The Morgan fingerprint density at radius 1 is 0.857 bits per heavy atom. The first-order chi connectivity index (χ1) is 26.4. The number of carbonyl (C=O) groups is 1. The summed E-state index contributed by atoms with van der Waals surface area (Å²) in [4.78, 5) is 31.7. The quantitative estimate of drug-likeness (QED) is 0.0540. The van der Waals surface area contributed by atoms with Crippen molar-refractivity contribution in [2.75, 3.05) is 7.11 Å². The summed E-state index contributed by atoms with van der Waals surface area (Å²) in [6, 6.07) is 19.8. The van der Waals surface area contributed by atoms with Crippen LogP contribution < -0.4 is 5.10 Å². The van der Waals surface area contributed by atoms with Gasteiger partial charge in [0, 0.05) is 34.0 Å². The molecule has 0 fully saturated rings. The number of methoxy groups -OCH3 is 1. The molecule has 9 nitrogen and oxygen atoms in total. The predicted molar refractivity (Wildman–Crippen MR) is 214 cm³/mol. The van der Waals surface area contributed by atoms with Crippen LogP contribution in [-0.2, 0) is 37.1 Å². The Balaban J connectivity index is 0.000000279. The summed E-state index contributed by atoms with van der Waals surface area (Å²) in [5.74, 6) is -0.396. The van der Waals surface area contributed by atoms with E-state index in [1.807, 2.05) is 50.3 Å². The number of aryl methyl sites for hydroxylation is 3. The Kier molecular flexibility index (Phi) is 18.2. The molecule has 6 aromatic heterocycles. The average molecular weight is 972 g/mol. The number of rotatable bonds is 11. The number of isothiocyanates is 1. The number of unbranched alkanes of at least 4 members (excludes halogenated alkanes) is 3. The van der Waals surface area contributed by atoms with Crippen LogP contribution >= 0.6 is 23.6 Å². The Bertz CT molecular complexity index is 2250. The van der Waals surface area contributed by atoms with E-state index in [0.717, 1.165) is 45.4 Å². The molecular weight excluding hydrogens is 934 g/mol. The van der Waals surface area contributed by atoms with Gasteiger partial charge in [-0.2, -0.15) is 18.3 Å². The zero-order valence-corrected chi connectivity index (χ0v) is 35.2. The second-order valence-corrected chi connectivity index (χ2v) is 13.6. The Labute approximate surface area is 346 Å². The fourth-order valence-electron chi connectivity index (χ4n) is 5.19. The van der Waals surface area contributed by atoms with Crippen molar-refractivity contribution in [1.29, 1.82) is 0 Å². The third-order valence-electron chi connectivity index (χ3n) is 7.87. The zero-order valence-electron chi connectivity index (χ0n) is 31.0.